The molecule has 196 valence electrons. The Bertz CT molecular complexity index is 1310. The maximum absolute atomic E-state index is 13.0. The van der Waals surface area contributed by atoms with Gasteiger partial charge in [0.15, 0.2) is 0 Å². The second-order valence-electron chi connectivity index (χ2n) is 9.38. The van der Waals surface area contributed by atoms with Gasteiger partial charge in [-0.25, -0.2) is 21.1 Å². The number of ether oxygens (including phenoxy) is 1. The van der Waals surface area contributed by atoms with E-state index >= 15 is 0 Å². The van der Waals surface area contributed by atoms with E-state index in [-0.39, 0.29) is 41.3 Å². The average molecular weight is 536 g/mol. The lowest BCUT2D eigenvalue weighted by Crippen LogP contribution is -2.41. The van der Waals surface area contributed by atoms with E-state index in [9.17, 15) is 21.6 Å². The van der Waals surface area contributed by atoms with Crippen LogP contribution in [0.1, 0.15) is 36.8 Å². The van der Waals surface area contributed by atoms with Crippen molar-refractivity contribution in [3.63, 3.8) is 0 Å². The highest BCUT2D eigenvalue weighted by atomic mass is 32.2. The van der Waals surface area contributed by atoms with Crippen molar-refractivity contribution in [1.82, 2.24) is 8.61 Å². The summed E-state index contributed by atoms with van der Waals surface area (Å²) < 4.78 is 60.0. The van der Waals surface area contributed by atoms with Crippen LogP contribution < -0.4 is 10.1 Å². The largest absolute Gasteiger partial charge is 0.495 e. The van der Waals surface area contributed by atoms with Gasteiger partial charge in [0.25, 0.3) is 0 Å². The number of rotatable bonds is 8. The molecule has 1 N–H and O–H groups in total. The van der Waals surface area contributed by atoms with E-state index in [1.807, 2.05) is 25.1 Å². The number of nitrogens with zero attached hydrogens (tertiary/aromatic N) is 2. The minimum Gasteiger partial charge on any atom is -0.495 e. The molecular weight excluding hydrogens is 502 g/mol. The lowest BCUT2D eigenvalue weighted by Gasteiger charge is -2.30. The predicted octanol–water partition coefficient (Wildman–Crippen LogP) is 2.97. The van der Waals surface area contributed by atoms with Gasteiger partial charge in [-0.1, -0.05) is 29.8 Å². The van der Waals surface area contributed by atoms with Crippen LogP contribution in [0, 0.1) is 12.8 Å². The highest BCUT2D eigenvalue weighted by Crippen LogP contribution is 2.31. The molecule has 9 nitrogen and oxygen atoms in total. The van der Waals surface area contributed by atoms with Gasteiger partial charge in [0.1, 0.15) is 5.75 Å². The number of anilines is 1. The van der Waals surface area contributed by atoms with Crippen molar-refractivity contribution < 1.29 is 26.4 Å². The molecule has 36 heavy (non-hydrogen) atoms. The molecule has 2 fully saturated rings. The van der Waals surface area contributed by atoms with Crippen molar-refractivity contribution in [3.05, 3.63) is 53.6 Å². The Balaban J connectivity index is 1.41. The summed E-state index contributed by atoms with van der Waals surface area (Å²) in [5.41, 5.74) is 2.04. The number of benzene rings is 2. The topological polar surface area (TPSA) is 113 Å². The van der Waals surface area contributed by atoms with Gasteiger partial charge in [0.05, 0.1) is 23.4 Å². The van der Waals surface area contributed by atoms with Crippen LogP contribution >= 0.6 is 0 Å². The number of hydrogen-bond acceptors (Lipinski definition) is 6. The Labute approximate surface area is 213 Å². The molecule has 2 aliphatic heterocycles. The molecule has 0 radical (unpaired) electrons. The van der Waals surface area contributed by atoms with E-state index in [0.717, 1.165) is 24.0 Å². The summed E-state index contributed by atoms with van der Waals surface area (Å²) >= 11 is 0. The van der Waals surface area contributed by atoms with Gasteiger partial charge in [0, 0.05) is 32.1 Å². The second-order valence-corrected chi connectivity index (χ2v) is 13.3. The lowest BCUT2D eigenvalue weighted by atomic mass is 9.97. The first-order chi connectivity index (χ1) is 17.1. The highest BCUT2D eigenvalue weighted by molar-refractivity contribution is 7.89. The van der Waals surface area contributed by atoms with Crippen LogP contribution in [0.4, 0.5) is 5.69 Å². The fourth-order valence-electron chi connectivity index (χ4n) is 4.76. The molecule has 0 atom stereocenters. The van der Waals surface area contributed by atoms with Crippen molar-refractivity contribution in [2.75, 3.05) is 38.6 Å². The summed E-state index contributed by atoms with van der Waals surface area (Å²) in [5.74, 6) is -0.373. The number of nitrogens with one attached hydrogen (secondary N) is 1. The monoisotopic (exact) mass is 535 g/mol. The molecular formula is C25H33N3O6S2. The second kappa shape index (κ2) is 10.9. The van der Waals surface area contributed by atoms with Crippen molar-refractivity contribution >= 4 is 31.6 Å². The molecule has 0 bridgehead atoms. The number of hydrogen-bond donors (Lipinski definition) is 1. The fourth-order valence-corrected chi connectivity index (χ4v) is 7.85. The molecule has 0 spiro atoms. The van der Waals surface area contributed by atoms with Crippen molar-refractivity contribution in [1.29, 1.82) is 0 Å². The number of carbonyl (C=O) groups is 1. The van der Waals surface area contributed by atoms with E-state index in [2.05, 4.69) is 5.32 Å². The first kappa shape index (κ1) is 26.6. The Morgan fingerprint density at radius 2 is 1.67 bits per heavy atom. The SMILES string of the molecule is COc1ccc(S(=O)(=O)N2CCCC2)cc1NC(=O)C1CCN(S(=O)(=O)Cc2cccc(C)c2)CC1. The third kappa shape index (κ3) is 5.91. The predicted molar refractivity (Wildman–Crippen MR) is 138 cm³/mol. The normalized spacial score (nSPS) is 18.3. The molecule has 0 aliphatic carbocycles. The van der Waals surface area contributed by atoms with Gasteiger partial charge < -0.3 is 10.1 Å². The van der Waals surface area contributed by atoms with Gasteiger partial charge in [-0.2, -0.15) is 4.31 Å². The van der Waals surface area contributed by atoms with Crippen LogP contribution in [0.3, 0.4) is 0 Å². The molecule has 2 aliphatic rings. The summed E-state index contributed by atoms with van der Waals surface area (Å²) in [6.45, 7) is 3.41. The molecule has 0 saturated carbocycles. The van der Waals surface area contributed by atoms with E-state index in [1.165, 1.54) is 27.9 Å². The lowest BCUT2D eigenvalue weighted by molar-refractivity contribution is -0.120. The van der Waals surface area contributed by atoms with Gasteiger partial charge >= 0.3 is 0 Å². The Morgan fingerprint density at radius 1 is 0.972 bits per heavy atom. The molecule has 2 heterocycles. The fraction of sp³-hybridized carbons (Fsp3) is 0.480. The third-order valence-corrected chi connectivity index (χ3v) is 10.5. The summed E-state index contributed by atoms with van der Waals surface area (Å²) in [6, 6.07) is 11.9. The number of amides is 1. The Hall–Kier alpha value is -2.47. The van der Waals surface area contributed by atoms with Crippen LogP contribution in [0.15, 0.2) is 47.4 Å². The van der Waals surface area contributed by atoms with E-state index in [1.54, 1.807) is 12.1 Å². The van der Waals surface area contributed by atoms with Gasteiger partial charge in [-0.3, -0.25) is 4.79 Å². The van der Waals surface area contributed by atoms with Crippen LogP contribution in [-0.2, 0) is 30.6 Å². The van der Waals surface area contributed by atoms with E-state index < -0.39 is 20.0 Å². The maximum atomic E-state index is 13.0. The molecule has 4 rings (SSSR count). The molecule has 2 saturated heterocycles. The summed E-state index contributed by atoms with van der Waals surface area (Å²) in [6.07, 6.45) is 2.43. The van der Waals surface area contributed by atoms with Crippen molar-refractivity contribution in [2.24, 2.45) is 5.92 Å². The minimum absolute atomic E-state index is 0.0684. The quantitative estimate of drug-likeness (QED) is 0.556. The number of aryl methyl sites for hydroxylation is 1. The Kier molecular flexibility index (Phi) is 8.03. The van der Waals surface area contributed by atoms with Gasteiger partial charge in [0.2, 0.25) is 26.0 Å². The minimum atomic E-state index is -3.65. The van der Waals surface area contributed by atoms with E-state index in [0.29, 0.717) is 31.7 Å². The van der Waals surface area contributed by atoms with Crippen LogP contribution in [0.25, 0.3) is 0 Å². The molecule has 0 unspecified atom stereocenters. The molecule has 2 aromatic rings. The number of piperidine rings is 1. The smallest absolute Gasteiger partial charge is 0.243 e. The van der Waals surface area contributed by atoms with Gasteiger partial charge in [-0.05, 0) is 56.4 Å². The van der Waals surface area contributed by atoms with Gasteiger partial charge in [-0.15, -0.1) is 0 Å². The first-order valence-electron chi connectivity index (χ1n) is 12.1. The van der Waals surface area contributed by atoms with Crippen LogP contribution in [0.2, 0.25) is 0 Å². The summed E-state index contributed by atoms with van der Waals surface area (Å²) in [4.78, 5) is 13.2. The standard InChI is InChI=1S/C25H33N3O6S2/c1-19-6-5-7-20(16-19)18-35(30,31)27-14-10-21(11-15-27)25(29)26-23-17-22(8-9-24(23)34-2)36(32,33)28-12-3-4-13-28/h5-9,16-17,21H,3-4,10-15,18H2,1-2H3,(H,26,29). The molecule has 11 heteroatoms. The highest BCUT2D eigenvalue weighted by Gasteiger charge is 2.32. The number of sulfonamides is 2. The summed E-state index contributed by atoms with van der Waals surface area (Å²) in [7, 11) is -5.68. The number of methoxy groups -OCH3 is 1. The molecule has 2 aromatic carbocycles. The van der Waals surface area contributed by atoms with Crippen molar-refractivity contribution in [3.8, 4) is 5.75 Å². The molecule has 1 amide bonds. The zero-order valence-corrected chi connectivity index (χ0v) is 22.3. The van der Waals surface area contributed by atoms with E-state index in [4.69, 9.17) is 4.74 Å². The zero-order chi connectivity index (χ0) is 25.9. The Morgan fingerprint density at radius 3 is 2.31 bits per heavy atom. The number of carbonyl (C=O) groups excluding carboxylic acids is 1. The average Bonchev–Trinajstić information content (AvgIpc) is 3.40. The molecule has 0 aromatic heterocycles. The van der Waals surface area contributed by atoms with Crippen LogP contribution in [-0.4, -0.2) is 64.6 Å². The first-order valence-corrected chi connectivity index (χ1v) is 15.2. The maximum Gasteiger partial charge on any atom is 0.243 e. The van der Waals surface area contributed by atoms with Crippen LogP contribution in [0.5, 0.6) is 5.75 Å². The zero-order valence-electron chi connectivity index (χ0n) is 20.6. The third-order valence-electron chi connectivity index (χ3n) is 6.78. The van der Waals surface area contributed by atoms with Crippen molar-refractivity contribution in [2.45, 2.75) is 43.3 Å². The summed E-state index contributed by atoms with van der Waals surface area (Å²) in [5, 5.41) is 2.82.